The van der Waals surface area contributed by atoms with Gasteiger partial charge in [-0.2, -0.15) is 0 Å². The number of aliphatic hydroxyl groups is 1. The molecule has 1 saturated heterocycles. The van der Waals surface area contributed by atoms with Crippen molar-refractivity contribution in [2.75, 3.05) is 13.7 Å². The summed E-state index contributed by atoms with van der Waals surface area (Å²) in [4.78, 5) is 27.0. The SMILES string of the molecule is CCCCN1C(=O)C(=O)/C(=C(\O)c2ccc(F)cc2)C1c1cccc(OC)c1. The topological polar surface area (TPSA) is 66.8 Å². The molecular formula is C22H22FNO4. The number of amides is 1. The highest BCUT2D eigenvalue weighted by Crippen LogP contribution is 2.40. The van der Waals surface area contributed by atoms with Crippen molar-refractivity contribution >= 4 is 17.4 Å². The van der Waals surface area contributed by atoms with Crippen molar-refractivity contribution in [2.24, 2.45) is 0 Å². The second kappa shape index (κ2) is 8.25. The molecule has 1 N–H and O–H groups in total. The largest absolute Gasteiger partial charge is 0.507 e. The zero-order valence-corrected chi connectivity index (χ0v) is 15.8. The van der Waals surface area contributed by atoms with Gasteiger partial charge in [0, 0.05) is 12.1 Å². The summed E-state index contributed by atoms with van der Waals surface area (Å²) in [6, 6.07) is 11.5. The zero-order chi connectivity index (χ0) is 20.3. The number of methoxy groups -OCH3 is 1. The first-order valence-electron chi connectivity index (χ1n) is 9.16. The number of carbonyl (C=O) groups excluding carboxylic acids is 2. The van der Waals surface area contributed by atoms with Gasteiger partial charge in [-0.05, 0) is 48.4 Å². The number of hydrogen-bond acceptors (Lipinski definition) is 4. The summed E-state index contributed by atoms with van der Waals surface area (Å²) in [5, 5.41) is 10.8. The highest BCUT2D eigenvalue weighted by atomic mass is 19.1. The summed E-state index contributed by atoms with van der Waals surface area (Å²) in [5.41, 5.74) is 0.946. The van der Waals surface area contributed by atoms with Gasteiger partial charge in [-0.3, -0.25) is 9.59 Å². The minimum absolute atomic E-state index is 0.000893. The molecule has 146 valence electrons. The number of Topliss-reactive ketones (excluding diaryl/α,β-unsaturated/α-hetero) is 1. The van der Waals surface area contributed by atoms with E-state index in [1.165, 1.54) is 36.3 Å². The second-order valence-corrected chi connectivity index (χ2v) is 6.63. The maximum Gasteiger partial charge on any atom is 0.295 e. The molecule has 0 aliphatic carbocycles. The van der Waals surface area contributed by atoms with E-state index in [1.54, 1.807) is 24.3 Å². The van der Waals surface area contributed by atoms with Crippen molar-refractivity contribution in [1.82, 2.24) is 4.90 Å². The molecule has 0 bridgehead atoms. The average molecular weight is 383 g/mol. The quantitative estimate of drug-likeness (QED) is 0.464. The molecule has 0 aromatic heterocycles. The highest BCUT2D eigenvalue weighted by molar-refractivity contribution is 6.46. The molecule has 1 unspecified atom stereocenters. The molecule has 1 amide bonds. The van der Waals surface area contributed by atoms with Crippen molar-refractivity contribution in [3.8, 4) is 5.75 Å². The van der Waals surface area contributed by atoms with E-state index in [4.69, 9.17) is 4.74 Å². The highest BCUT2D eigenvalue weighted by Gasteiger charge is 2.45. The minimum atomic E-state index is -0.745. The maximum absolute atomic E-state index is 13.3. The van der Waals surface area contributed by atoms with Crippen LogP contribution in [0.5, 0.6) is 5.75 Å². The Balaban J connectivity index is 2.16. The van der Waals surface area contributed by atoms with Crippen molar-refractivity contribution in [3.05, 3.63) is 71.0 Å². The number of likely N-dealkylation sites (tertiary alicyclic amines) is 1. The third-order valence-electron chi connectivity index (χ3n) is 4.82. The number of unbranched alkanes of at least 4 members (excludes halogenated alkanes) is 1. The molecule has 2 aromatic rings. The van der Waals surface area contributed by atoms with E-state index in [2.05, 4.69) is 0 Å². The number of ketones is 1. The lowest BCUT2D eigenvalue weighted by atomic mass is 9.95. The van der Waals surface area contributed by atoms with Crippen molar-refractivity contribution in [2.45, 2.75) is 25.8 Å². The van der Waals surface area contributed by atoms with Crippen LogP contribution >= 0.6 is 0 Å². The molecule has 3 rings (SSSR count). The summed E-state index contributed by atoms with van der Waals surface area (Å²) >= 11 is 0. The summed E-state index contributed by atoms with van der Waals surface area (Å²) in [6.07, 6.45) is 1.58. The fraction of sp³-hybridized carbons (Fsp3) is 0.273. The van der Waals surface area contributed by atoms with E-state index < -0.39 is 23.5 Å². The summed E-state index contributed by atoms with van der Waals surface area (Å²) < 4.78 is 18.5. The Morgan fingerprint density at radius 1 is 1.18 bits per heavy atom. The molecule has 0 saturated carbocycles. The zero-order valence-electron chi connectivity index (χ0n) is 15.8. The molecule has 5 nitrogen and oxygen atoms in total. The lowest BCUT2D eigenvalue weighted by molar-refractivity contribution is -0.139. The van der Waals surface area contributed by atoms with Gasteiger partial charge in [0.05, 0.1) is 18.7 Å². The second-order valence-electron chi connectivity index (χ2n) is 6.63. The third kappa shape index (κ3) is 3.63. The molecule has 2 aromatic carbocycles. The number of aliphatic hydroxyl groups excluding tert-OH is 1. The van der Waals surface area contributed by atoms with Gasteiger partial charge < -0.3 is 14.7 Å². The predicted molar refractivity (Wildman–Crippen MR) is 103 cm³/mol. The Kier molecular flexibility index (Phi) is 5.78. The van der Waals surface area contributed by atoms with Gasteiger partial charge in [0.2, 0.25) is 0 Å². The monoisotopic (exact) mass is 383 g/mol. The number of benzene rings is 2. The Bertz CT molecular complexity index is 920. The smallest absolute Gasteiger partial charge is 0.295 e. The van der Waals surface area contributed by atoms with Crippen LogP contribution in [0, 0.1) is 5.82 Å². The van der Waals surface area contributed by atoms with Gasteiger partial charge in [-0.1, -0.05) is 25.5 Å². The van der Waals surface area contributed by atoms with Crippen LogP contribution in [0.25, 0.3) is 5.76 Å². The standard InChI is InChI=1S/C22H22FNO4/c1-3-4-12-24-19(15-6-5-7-17(13-15)28-2)18(21(26)22(24)27)20(25)14-8-10-16(23)11-9-14/h5-11,13,19,25H,3-4,12H2,1-2H3/b20-18-. The van der Waals surface area contributed by atoms with E-state index in [-0.39, 0.29) is 16.9 Å². The molecule has 1 aliphatic rings. The Morgan fingerprint density at radius 3 is 2.54 bits per heavy atom. The minimum Gasteiger partial charge on any atom is -0.507 e. The molecule has 1 fully saturated rings. The average Bonchev–Trinajstić information content (AvgIpc) is 2.97. The predicted octanol–water partition coefficient (Wildman–Crippen LogP) is 4.06. The summed E-state index contributed by atoms with van der Waals surface area (Å²) in [7, 11) is 1.53. The first-order valence-corrected chi connectivity index (χ1v) is 9.16. The van der Waals surface area contributed by atoms with Gasteiger partial charge in [0.15, 0.2) is 0 Å². The van der Waals surface area contributed by atoms with Crippen LogP contribution in [0.4, 0.5) is 4.39 Å². The summed E-state index contributed by atoms with van der Waals surface area (Å²) in [6.45, 7) is 2.39. The molecule has 6 heteroatoms. The molecule has 0 radical (unpaired) electrons. The molecule has 0 spiro atoms. The van der Waals surface area contributed by atoms with Crippen LogP contribution in [0.15, 0.2) is 54.1 Å². The molecule has 1 aliphatic heterocycles. The number of rotatable bonds is 6. The first kappa shape index (κ1) is 19.6. The Hall–Kier alpha value is -3.15. The van der Waals surface area contributed by atoms with Crippen LogP contribution in [-0.4, -0.2) is 35.4 Å². The normalized spacial score (nSPS) is 18.5. The molecule has 28 heavy (non-hydrogen) atoms. The molecule has 1 atom stereocenters. The lowest BCUT2D eigenvalue weighted by Gasteiger charge is -2.25. The number of carbonyl (C=O) groups is 2. The van der Waals surface area contributed by atoms with Gasteiger partial charge >= 0.3 is 0 Å². The number of nitrogens with zero attached hydrogens (tertiary/aromatic N) is 1. The van der Waals surface area contributed by atoms with E-state index in [9.17, 15) is 19.1 Å². The fourth-order valence-electron chi connectivity index (χ4n) is 3.36. The van der Waals surface area contributed by atoms with Crippen LogP contribution < -0.4 is 4.74 Å². The molecular weight excluding hydrogens is 361 g/mol. The first-order chi connectivity index (χ1) is 13.5. The van der Waals surface area contributed by atoms with E-state index in [0.717, 1.165) is 12.8 Å². The van der Waals surface area contributed by atoms with Gasteiger partial charge in [-0.25, -0.2) is 4.39 Å². The van der Waals surface area contributed by atoms with E-state index in [0.29, 0.717) is 17.9 Å². The molecule has 1 heterocycles. The Morgan fingerprint density at radius 2 is 1.89 bits per heavy atom. The van der Waals surface area contributed by atoms with E-state index in [1.807, 2.05) is 6.92 Å². The van der Waals surface area contributed by atoms with Crippen LogP contribution in [-0.2, 0) is 9.59 Å². The number of ether oxygens (including phenoxy) is 1. The van der Waals surface area contributed by atoms with Crippen LogP contribution in [0.2, 0.25) is 0 Å². The Labute approximate surface area is 163 Å². The number of hydrogen-bond donors (Lipinski definition) is 1. The fourth-order valence-corrected chi connectivity index (χ4v) is 3.36. The van der Waals surface area contributed by atoms with Crippen molar-refractivity contribution in [1.29, 1.82) is 0 Å². The maximum atomic E-state index is 13.3. The van der Waals surface area contributed by atoms with Crippen molar-refractivity contribution < 1.29 is 23.8 Å². The van der Waals surface area contributed by atoms with E-state index >= 15 is 0 Å². The van der Waals surface area contributed by atoms with Crippen molar-refractivity contribution in [3.63, 3.8) is 0 Å². The summed E-state index contributed by atoms with van der Waals surface area (Å²) in [5.74, 6) is -1.58. The van der Waals surface area contributed by atoms with Gasteiger partial charge in [0.1, 0.15) is 17.3 Å². The third-order valence-corrected chi connectivity index (χ3v) is 4.82. The van der Waals surface area contributed by atoms with Gasteiger partial charge in [0.25, 0.3) is 11.7 Å². The van der Waals surface area contributed by atoms with Gasteiger partial charge in [-0.15, -0.1) is 0 Å². The van der Waals surface area contributed by atoms with Crippen LogP contribution in [0.3, 0.4) is 0 Å². The van der Waals surface area contributed by atoms with Crippen LogP contribution in [0.1, 0.15) is 36.9 Å². The lowest BCUT2D eigenvalue weighted by Crippen LogP contribution is -2.30. The number of halogens is 1.